The van der Waals surface area contributed by atoms with Crippen molar-refractivity contribution in [3.8, 4) is 0 Å². The number of hydrogen-bond donors (Lipinski definition) is 2. The third-order valence-corrected chi connectivity index (χ3v) is 3.71. The molecule has 3 atom stereocenters. The standard InChI is InChI=1S/C14H18N2O3/c1-9(10-4-3-7-15-8-10)16-13(17)11-5-2-6-12(11)14(18)19/h3-4,7-9,11-12H,2,5-6H2,1H3,(H,16,17)(H,18,19)/t9?,11-,12+/m1/s1. The molecule has 0 aromatic carbocycles. The number of aliphatic carboxylic acids is 1. The number of carbonyl (C=O) groups excluding carboxylic acids is 1. The van der Waals surface area contributed by atoms with E-state index in [-0.39, 0.29) is 11.9 Å². The molecule has 1 fully saturated rings. The lowest BCUT2D eigenvalue weighted by molar-refractivity contribution is -0.146. The largest absolute Gasteiger partial charge is 0.481 e. The van der Waals surface area contributed by atoms with Crippen LogP contribution in [-0.4, -0.2) is 22.0 Å². The van der Waals surface area contributed by atoms with Crippen LogP contribution in [0.1, 0.15) is 37.8 Å². The van der Waals surface area contributed by atoms with Gasteiger partial charge < -0.3 is 10.4 Å². The van der Waals surface area contributed by atoms with Crippen molar-refractivity contribution >= 4 is 11.9 Å². The molecule has 1 saturated carbocycles. The monoisotopic (exact) mass is 262 g/mol. The maximum absolute atomic E-state index is 12.1. The van der Waals surface area contributed by atoms with Gasteiger partial charge in [0.05, 0.1) is 17.9 Å². The molecule has 1 heterocycles. The summed E-state index contributed by atoms with van der Waals surface area (Å²) in [6, 6.07) is 3.55. The van der Waals surface area contributed by atoms with Crippen LogP contribution in [0.5, 0.6) is 0 Å². The maximum atomic E-state index is 12.1. The van der Waals surface area contributed by atoms with Crippen molar-refractivity contribution in [2.75, 3.05) is 0 Å². The van der Waals surface area contributed by atoms with E-state index in [0.717, 1.165) is 12.0 Å². The van der Waals surface area contributed by atoms with Crippen LogP contribution in [-0.2, 0) is 9.59 Å². The van der Waals surface area contributed by atoms with Gasteiger partial charge in [0.25, 0.3) is 0 Å². The summed E-state index contributed by atoms with van der Waals surface area (Å²) < 4.78 is 0. The number of nitrogens with one attached hydrogen (secondary N) is 1. The lowest BCUT2D eigenvalue weighted by atomic mass is 9.95. The van der Waals surface area contributed by atoms with Crippen LogP contribution in [0, 0.1) is 11.8 Å². The van der Waals surface area contributed by atoms with Crippen LogP contribution in [0.25, 0.3) is 0 Å². The lowest BCUT2D eigenvalue weighted by Crippen LogP contribution is -2.36. The number of pyridine rings is 1. The van der Waals surface area contributed by atoms with Gasteiger partial charge in [-0.1, -0.05) is 12.5 Å². The number of carboxylic acid groups (broad SMARTS) is 1. The fourth-order valence-electron chi connectivity index (χ4n) is 2.61. The average molecular weight is 262 g/mol. The quantitative estimate of drug-likeness (QED) is 0.866. The highest BCUT2D eigenvalue weighted by Gasteiger charge is 2.38. The molecule has 0 radical (unpaired) electrons. The number of hydrogen-bond acceptors (Lipinski definition) is 3. The topological polar surface area (TPSA) is 79.3 Å². The number of rotatable bonds is 4. The molecule has 5 heteroatoms. The summed E-state index contributed by atoms with van der Waals surface area (Å²) >= 11 is 0. The molecule has 1 aromatic heterocycles. The summed E-state index contributed by atoms with van der Waals surface area (Å²) in [5.41, 5.74) is 0.917. The Morgan fingerprint density at radius 3 is 2.79 bits per heavy atom. The Kier molecular flexibility index (Phi) is 4.14. The third-order valence-electron chi connectivity index (χ3n) is 3.71. The molecule has 19 heavy (non-hydrogen) atoms. The third kappa shape index (κ3) is 3.10. The predicted octanol–water partition coefficient (Wildman–Crippen LogP) is 1.76. The highest BCUT2D eigenvalue weighted by molar-refractivity contribution is 5.85. The Hall–Kier alpha value is -1.91. The number of amides is 1. The molecule has 0 spiro atoms. The maximum Gasteiger partial charge on any atom is 0.307 e. The first-order valence-electron chi connectivity index (χ1n) is 6.52. The first kappa shape index (κ1) is 13.5. The van der Waals surface area contributed by atoms with Crippen molar-refractivity contribution in [1.82, 2.24) is 10.3 Å². The molecule has 102 valence electrons. The molecule has 1 unspecified atom stereocenters. The second kappa shape index (κ2) is 5.82. The van der Waals surface area contributed by atoms with Crippen LogP contribution in [0.4, 0.5) is 0 Å². The summed E-state index contributed by atoms with van der Waals surface area (Å²) in [7, 11) is 0. The minimum atomic E-state index is -0.869. The zero-order valence-corrected chi connectivity index (χ0v) is 10.9. The van der Waals surface area contributed by atoms with Crippen LogP contribution in [0.2, 0.25) is 0 Å². The van der Waals surface area contributed by atoms with E-state index in [1.807, 2.05) is 19.1 Å². The second-order valence-electron chi connectivity index (χ2n) is 5.00. The van der Waals surface area contributed by atoms with Gasteiger partial charge in [-0.15, -0.1) is 0 Å². The van der Waals surface area contributed by atoms with E-state index in [9.17, 15) is 9.59 Å². The van der Waals surface area contributed by atoms with Crippen molar-refractivity contribution in [1.29, 1.82) is 0 Å². The van der Waals surface area contributed by atoms with Crippen LogP contribution in [0.15, 0.2) is 24.5 Å². The van der Waals surface area contributed by atoms with E-state index in [0.29, 0.717) is 12.8 Å². The summed E-state index contributed by atoms with van der Waals surface area (Å²) in [5.74, 6) is -1.98. The molecule has 1 aliphatic rings. The Morgan fingerprint density at radius 2 is 2.16 bits per heavy atom. The highest BCUT2D eigenvalue weighted by Crippen LogP contribution is 2.32. The van der Waals surface area contributed by atoms with Gasteiger partial charge >= 0.3 is 5.97 Å². The zero-order chi connectivity index (χ0) is 13.8. The lowest BCUT2D eigenvalue weighted by Gasteiger charge is -2.19. The molecule has 5 nitrogen and oxygen atoms in total. The average Bonchev–Trinajstić information content (AvgIpc) is 2.89. The van der Waals surface area contributed by atoms with Crippen molar-refractivity contribution < 1.29 is 14.7 Å². The predicted molar refractivity (Wildman–Crippen MR) is 69.3 cm³/mol. The first-order valence-corrected chi connectivity index (χ1v) is 6.52. The minimum Gasteiger partial charge on any atom is -0.481 e. The van der Waals surface area contributed by atoms with Gasteiger partial charge in [0, 0.05) is 12.4 Å². The molecule has 1 amide bonds. The minimum absolute atomic E-state index is 0.156. The fraction of sp³-hybridized carbons (Fsp3) is 0.500. The van der Waals surface area contributed by atoms with Crippen LogP contribution >= 0.6 is 0 Å². The van der Waals surface area contributed by atoms with Crippen molar-refractivity contribution in [2.45, 2.75) is 32.2 Å². The van der Waals surface area contributed by atoms with Gasteiger partial charge in [-0.3, -0.25) is 14.6 Å². The Labute approximate surface area is 112 Å². The molecular formula is C14H18N2O3. The number of carboxylic acids is 1. The van der Waals surface area contributed by atoms with E-state index in [1.165, 1.54) is 0 Å². The van der Waals surface area contributed by atoms with Gasteiger partial charge in [0.15, 0.2) is 0 Å². The number of carbonyl (C=O) groups is 2. The molecule has 1 aromatic rings. The Bertz CT molecular complexity index is 461. The number of aromatic nitrogens is 1. The summed E-state index contributed by atoms with van der Waals surface area (Å²) in [6.07, 6.45) is 5.43. The molecule has 1 aliphatic carbocycles. The highest BCUT2D eigenvalue weighted by atomic mass is 16.4. The SMILES string of the molecule is CC(NC(=O)[C@@H]1CCC[C@@H]1C(=O)O)c1cccnc1. The van der Waals surface area contributed by atoms with Gasteiger partial charge in [0.2, 0.25) is 5.91 Å². The van der Waals surface area contributed by atoms with Crippen LogP contribution in [0.3, 0.4) is 0 Å². The molecule has 0 bridgehead atoms. The molecule has 0 aliphatic heterocycles. The Morgan fingerprint density at radius 1 is 1.42 bits per heavy atom. The van der Waals surface area contributed by atoms with E-state index >= 15 is 0 Å². The van der Waals surface area contributed by atoms with Crippen molar-refractivity contribution in [2.24, 2.45) is 11.8 Å². The van der Waals surface area contributed by atoms with E-state index < -0.39 is 17.8 Å². The Balaban J connectivity index is 1.99. The first-order chi connectivity index (χ1) is 9.09. The van der Waals surface area contributed by atoms with Gasteiger partial charge in [-0.25, -0.2) is 0 Å². The normalized spacial score (nSPS) is 23.8. The van der Waals surface area contributed by atoms with Crippen molar-refractivity contribution in [3.05, 3.63) is 30.1 Å². The molecule has 2 rings (SSSR count). The second-order valence-corrected chi connectivity index (χ2v) is 5.00. The van der Waals surface area contributed by atoms with Crippen LogP contribution < -0.4 is 5.32 Å². The zero-order valence-electron chi connectivity index (χ0n) is 10.9. The molecule has 2 N–H and O–H groups in total. The van der Waals surface area contributed by atoms with Gasteiger partial charge in [0.1, 0.15) is 0 Å². The van der Waals surface area contributed by atoms with Gasteiger partial charge in [-0.2, -0.15) is 0 Å². The smallest absolute Gasteiger partial charge is 0.307 e. The summed E-state index contributed by atoms with van der Waals surface area (Å²) in [5, 5.41) is 12.0. The van der Waals surface area contributed by atoms with Gasteiger partial charge in [-0.05, 0) is 31.4 Å². The van der Waals surface area contributed by atoms with Crippen molar-refractivity contribution in [3.63, 3.8) is 0 Å². The van der Waals surface area contributed by atoms with E-state index in [1.54, 1.807) is 12.4 Å². The van der Waals surface area contributed by atoms with E-state index in [4.69, 9.17) is 5.11 Å². The summed E-state index contributed by atoms with van der Waals surface area (Å²) in [4.78, 5) is 27.2. The number of nitrogens with zero attached hydrogens (tertiary/aromatic N) is 1. The fourth-order valence-corrected chi connectivity index (χ4v) is 2.61. The van der Waals surface area contributed by atoms with E-state index in [2.05, 4.69) is 10.3 Å². The molecular weight excluding hydrogens is 244 g/mol. The summed E-state index contributed by atoms with van der Waals surface area (Å²) in [6.45, 7) is 1.87. The molecule has 0 saturated heterocycles.